The number of hydrogen-bond acceptors (Lipinski definition) is 2. The first-order chi connectivity index (χ1) is 7.78. The number of carbonyl (C=O) groups excluding carboxylic acids is 1. The molecule has 0 radical (unpaired) electrons. The van der Waals surface area contributed by atoms with Crippen molar-refractivity contribution in [3.8, 4) is 0 Å². The molecule has 0 fully saturated rings. The van der Waals surface area contributed by atoms with Gasteiger partial charge in [0.1, 0.15) is 12.1 Å². The summed E-state index contributed by atoms with van der Waals surface area (Å²) in [6.45, 7) is 0. The molecule has 2 rings (SSSR count). The third kappa shape index (κ3) is 2.45. The number of nitrogens with one attached hydrogen (secondary N) is 1. The minimum absolute atomic E-state index is 0.262. The average molecular weight is 215 g/mol. The Hall–Kier alpha value is -2.16. The Labute approximate surface area is 92.7 Å². The molecule has 1 N–H and O–H groups in total. The monoisotopic (exact) mass is 215 g/mol. The quantitative estimate of drug-likeness (QED) is 0.795. The van der Waals surface area contributed by atoms with E-state index in [4.69, 9.17) is 0 Å². The topological polar surface area (TPSA) is 29.1 Å². The molecule has 16 heavy (non-hydrogen) atoms. The van der Waals surface area contributed by atoms with Gasteiger partial charge in [0.05, 0.1) is 0 Å². The number of hydrogen-bond donors (Lipinski definition) is 1. The van der Waals surface area contributed by atoms with Crippen LogP contribution in [0.25, 0.3) is 0 Å². The van der Waals surface area contributed by atoms with Gasteiger partial charge in [-0.25, -0.2) is 4.39 Å². The molecule has 0 bridgehead atoms. The minimum Gasteiger partial charge on any atom is -0.356 e. The van der Waals surface area contributed by atoms with E-state index in [2.05, 4.69) is 5.32 Å². The summed E-state index contributed by atoms with van der Waals surface area (Å²) >= 11 is 0. The van der Waals surface area contributed by atoms with Gasteiger partial charge in [0, 0.05) is 16.9 Å². The van der Waals surface area contributed by atoms with Gasteiger partial charge in [-0.1, -0.05) is 0 Å². The number of carbonyl (C=O) groups is 1. The Morgan fingerprint density at radius 2 is 1.38 bits per heavy atom. The molecule has 0 saturated carbocycles. The highest BCUT2D eigenvalue weighted by molar-refractivity contribution is 5.76. The van der Waals surface area contributed by atoms with E-state index in [-0.39, 0.29) is 5.82 Å². The standard InChI is InChI=1S/C13H10FNO/c14-11-3-7-13(8-4-11)15-12-5-1-10(9-16)2-6-12/h1-9,15H. The Morgan fingerprint density at radius 3 is 1.88 bits per heavy atom. The van der Waals surface area contributed by atoms with Crippen LogP contribution in [0.5, 0.6) is 0 Å². The molecule has 0 atom stereocenters. The van der Waals surface area contributed by atoms with Gasteiger partial charge in [-0.3, -0.25) is 4.79 Å². The highest BCUT2D eigenvalue weighted by atomic mass is 19.1. The molecule has 0 spiro atoms. The van der Waals surface area contributed by atoms with Crippen molar-refractivity contribution in [3.63, 3.8) is 0 Å². The third-order valence-electron chi connectivity index (χ3n) is 2.18. The first-order valence-corrected chi connectivity index (χ1v) is 4.86. The molecule has 0 saturated heterocycles. The largest absolute Gasteiger partial charge is 0.356 e. The van der Waals surface area contributed by atoms with E-state index in [1.54, 1.807) is 36.4 Å². The summed E-state index contributed by atoms with van der Waals surface area (Å²) in [5, 5.41) is 3.10. The van der Waals surface area contributed by atoms with Gasteiger partial charge >= 0.3 is 0 Å². The molecular weight excluding hydrogens is 205 g/mol. The summed E-state index contributed by atoms with van der Waals surface area (Å²) in [6.07, 6.45) is 0.793. The van der Waals surface area contributed by atoms with Crippen molar-refractivity contribution < 1.29 is 9.18 Å². The fourth-order valence-electron chi connectivity index (χ4n) is 1.34. The van der Waals surface area contributed by atoms with E-state index < -0.39 is 0 Å². The molecule has 2 aromatic carbocycles. The predicted octanol–water partition coefficient (Wildman–Crippen LogP) is 3.38. The fourth-order valence-corrected chi connectivity index (χ4v) is 1.34. The van der Waals surface area contributed by atoms with Crippen molar-refractivity contribution in [3.05, 3.63) is 59.9 Å². The summed E-state index contributed by atoms with van der Waals surface area (Å²) in [4.78, 5) is 10.5. The van der Waals surface area contributed by atoms with Gasteiger partial charge < -0.3 is 5.32 Å². The van der Waals surface area contributed by atoms with E-state index in [0.717, 1.165) is 17.7 Å². The molecule has 0 aliphatic rings. The van der Waals surface area contributed by atoms with Crippen molar-refractivity contribution in [2.45, 2.75) is 0 Å². The van der Waals surface area contributed by atoms with Crippen LogP contribution in [0.1, 0.15) is 10.4 Å². The number of aldehydes is 1. The summed E-state index contributed by atoms with van der Waals surface area (Å²) in [7, 11) is 0. The van der Waals surface area contributed by atoms with Gasteiger partial charge in [0.2, 0.25) is 0 Å². The highest BCUT2D eigenvalue weighted by Crippen LogP contribution is 2.16. The van der Waals surface area contributed by atoms with E-state index in [9.17, 15) is 9.18 Å². The molecule has 0 heterocycles. The first kappa shape index (κ1) is 10.4. The van der Waals surface area contributed by atoms with Crippen molar-refractivity contribution in [1.82, 2.24) is 0 Å². The second-order valence-corrected chi connectivity index (χ2v) is 3.37. The van der Waals surface area contributed by atoms with Gasteiger partial charge in [0.25, 0.3) is 0 Å². The van der Waals surface area contributed by atoms with Crippen LogP contribution in [0.3, 0.4) is 0 Å². The lowest BCUT2D eigenvalue weighted by molar-refractivity contribution is 0.112. The highest BCUT2D eigenvalue weighted by Gasteiger charge is 1.95. The molecule has 0 unspecified atom stereocenters. The van der Waals surface area contributed by atoms with Crippen LogP contribution >= 0.6 is 0 Å². The Morgan fingerprint density at radius 1 is 0.875 bits per heavy atom. The second-order valence-electron chi connectivity index (χ2n) is 3.37. The van der Waals surface area contributed by atoms with Gasteiger partial charge in [-0.2, -0.15) is 0 Å². The Balaban J connectivity index is 2.14. The van der Waals surface area contributed by atoms with E-state index in [0.29, 0.717) is 5.56 Å². The normalized spacial score (nSPS) is 9.81. The molecule has 3 heteroatoms. The lowest BCUT2D eigenvalue weighted by atomic mass is 10.2. The van der Waals surface area contributed by atoms with Gasteiger partial charge in [0.15, 0.2) is 0 Å². The first-order valence-electron chi connectivity index (χ1n) is 4.86. The van der Waals surface area contributed by atoms with Crippen molar-refractivity contribution in [1.29, 1.82) is 0 Å². The summed E-state index contributed by atoms with van der Waals surface area (Å²) < 4.78 is 12.7. The van der Waals surface area contributed by atoms with Crippen molar-refractivity contribution >= 4 is 17.7 Å². The maximum Gasteiger partial charge on any atom is 0.150 e. The SMILES string of the molecule is O=Cc1ccc(Nc2ccc(F)cc2)cc1. The predicted molar refractivity (Wildman–Crippen MR) is 61.5 cm³/mol. The smallest absolute Gasteiger partial charge is 0.150 e. The summed E-state index contributed by atoms with van der Waals surface area (Å²) in [5.41, 5.74) is 2.29. The molecule has 0 aliphatic heterocycles. The van der Waals surface area contributed by atoms with Crippen LogP contribution in [-0.4, -0.2) is 6.29 Å². The van der Waals surface area contributed by atoms with Gasteiger partial charge in [-0.05, 0) is 48.5 Å². The van der Waals surface area contributed by atoms with Crippen LogP contribution in [0.2, 0.25) is 0 Å². The average Bonchev–Trinajstić information content (AvgIpc) is 2.33. The van der Waals surface area contributed by atoms with Crippen LogP contribution in [0.15, 0.2) is 48.5 Å². The van der Waals surface area contributed by atoms with Crippen LogP contribution in [-0.2, 0) is 0 Å². The maximum atomic E-state index is 12.7. The number of halogens is 1. The van der Waals surface area contributed by atoms with E-state index in [1.165, 1.54) is 12.1 Å². The molecule has 0 amide bonds. The lowest BCUT2D eigenvalue weighted by Crippen LogP contribution is -1.90. The molecule has 0 aliphatic carbocycles. The van der Waals surface area contributed by atoms with Crippen LogP contribution in [0.4, 0.5) is 15.8 Å². The lowest BCUT2D eigenvalue weighted by Gasteiger charge is -2.05. The van der Waals surface area contributed by atoms with E-state index in [1.807, 2.05) is 0 Å². The Bertz CT molecular complexity index is 476. The third-order valence-corrected chi connectivity index (χ3v) is 2.18. The summed E-state index contributed by atoms with van der Waals surface area (Å²) in [5.74, 6) is -0.262. The second kappa shape index (κ2) is 4.57. The molecule has 2 nitrogen and oxygen atoms in total. The number of benzene rings is 2. The molecular formula is C13H10FNO. The van der Waals surface area contributed by atoms with Crippen molar-refractivity contribution in [2.24, 2.45) is 0 Å². The number of anilines is 2. The maximum absolute atomic E-state index is 12.7. The zero-order valence-electron chi connectivity index (χ0n) is 8.48. The number of rotatable bonds is 3. The molecule has 0 aromatic heterocycles. The molecule has 80 valence electrons. The zero-order chi connectivity index (χ0) is 11.4. The Kier molecular flexibility index (Phi) is 2.96. The van der Waals surface area contributed by atoms with Crippen molar-refractivity contribution in [2.75, 3.05) is 5.32 Å². The van der Waals surface area contributed by atoms with Crippen LogP contribution in [0, 0.1) is 5.82 Å². The van der Waals surface area contributed by atoms with Gasteiger partial charge in [-0.15, -0.1) is 0 Å². The van der Waals surface area contributed by atoms with Crippen LogP contribution < -0.4 is 5.32 Å². The summed E-state index contributed by atoms with van der Waals surface area (Å²) in [6, 6.07) is 13.1. The fraction of sp³-hybridized carbons (Fsp3) is 0. The molecule has 2 aromatic rings. The van der Waals surface area contributed by atoms with E-state index >= 15 is 0 Å². The zero-order valence-corrected chi connectivity index (χ0v) is 8.48. The minimum atomic E-state index is -0.262.